The van der Waals surface area contributed by atoms with E-state index in [0.717, 1.165) is 11.1 Å². The molecule has 3 rings (SSSR count). The molecular weight excluding hydrogens is 449 g/mol. The molecule has 6 nitrogen and oxygen atoms in total. The van der Waals surface area contributed by atoms with Gasteiger partial charge in [-0.1, -0.05) is 56.1 Å². The van der Waals surface area contributed by atoms with Crippen LogP contribution in [0.4, 0.5) is 4.79 Å². The topological polar surface area (TPSA) is 83.4 Å². The molecule has 2 aromatic carbocycles. The molecule has 1 atom stereocenters. The zero-order valence-corrected chi connectivity index (χ0v) is 19.9. The van der Waals surface area contributed by atoms with Gasteiger partial charge in [0.05, 0.1) is 34.3 Å². The van der Waals surface area contributed by atoms with E-state index in [1.54, 1.807) is 24.3 Å². The molecule has 0 radical (unpaired) electrons. The van der Waals surface area contributed by atoms with E-state index in [2.05, 4.69) is 16.7 Å². The maximum Gasteiger partial charge on any atom is 0.319 e. The van der Waals surface area contributed by atoms with Crippen molar-refractivity contribution in [2.45, 2.75) is 40.3 Å². The monoisotopic (exact) mass is 473 g/mol. The van der Waals surface area contributed by atoms with Gasteiger partial charge in [-0.3, -0.25) is 0 Å². The lowest BCUT2D eigenvalue weighted by atomic mass is 9.84. The number of halogens is 2. The summed E-state index contributed by atoms with van der Waals surface area (Å²) in [7, 11) is 0. The van der Waals surface area contributed by atoms with Gasteiger partial charge in [-0.25, -0.2) is 4.79 Å². The molecule has 168 valence electrons. The molecule has 0 spiro atoms. The first-order valence-electron chi connectivity index (χ1n) is 10.2. The Morgan fingerprint density at radius 1 is 1.06 bits per heavy atom. The number of hydrogen-bond donors (Lipinski definition) is 2. The van der Waals surface area contributed by atoms with Gasteiger partial charge >= 0.3 is 6.03 Å². The first kappa shape index (κ1) is 23.8. The number of nitriles is 1. The van der Waals surface area contributed by atoms with Crippen LogP contribution in [0.15, 0.2) is 47.7 Å². The number of allylic oxidation sites excluding steroid dienone is 1. The molecule has 0 bridgehead atoms. The third-order valence-electron chi connectivity index (χ3n) is 4.92. The van der Waals surface area contributed by atoms with E-state index in [1.807, 2.05) is 39.8 Å². The Morgan fingerprint density at radius 3 is 2.44 bits per heavy atom. The number of nitrogens with one attached hydrogen (secondary N) is 2. The predicted molar refractivity (Wildman–Crippen MR) is 125 cm³/mol. The molecule has 8 heteroatoms. The van der Waals surface area contributed by atoms with Gasteiger partial charge < -0.3 is 20.1 Å². The second kappa shape index (κ2) is 9.72. The summed E-state index contributed by atoms with van der Waals surface area (Å²) in [4.78, 5) is 12.3. The van der Waals surface area contributed by atoms with E-state index < -0.39 is 11.5 Å². The van der Waals surface area contributed by atoms with E-state index in [1.165, 1.54) is 0 Å². The van der Waals surface area contributed by atoms with E-state index in [9.17, 15) is 10.1 Å². The zero-order valence-electron chi connectivity index (χ0n) is 18.4. The molecule has 0 saturated heterocycles. The number of hydrogen-bond acceptors (Lipinski definition) is 4. The highest BCUT2D eigenvalue weighted by Gasteiger charge is 2.34. The second-order valence-corrected chi connectivity index (χ2v) is 9.17. The molecule has 2 N–H and O–H groups in total. The van der Waals surface area contributed by atoms with Crippen molar-refractivity contribution in [1.29, 1.82) is 5.26 Å². The van der Waals surface area contributed by atoms with Crippen LogP contribution in [0.2, 0.25) is 10.0 Å². The van der Waals surface area contributed by atoms with Crippen LogP contribution in [0.1, 0.15) is 44.9 Å². The summed E-state index contributed by atoms with van der Waals surface area (Å²) in [5.74, 6) is 1.06. The van der Waals surface area contributed by atoms with Crippen LogP contribution >= 0.6 is 23.2 Å². The normalized spacial score (nSPS) is 16.2. The predicted octanol–water partition coefficient (Wildman–Crippen LogP) is 6.15. The van der Waals surface area contributed by atoms with Crippen molar-refractivity contribution in [3.8, 4) is 17.6 Å². The standard InChI is InChI=1S/C24H25Cl2N3O3/c1-5-31-20-11-15(21-16(12-27)22(24(2,3)4)29-23(30)28-21)7-9-19(20)32-13-14-6-8-17(25)18(26)10-14/h6-11,21H,5,13H2,1-4H3,(H2,28,29,30)/t21-/m0/s1. The van der Waals surface area contributed by atoms with E-state index >= 15 is 0 Å². The number of carbonyl (C=O) groups excluding carboxylic acids is 1. The fourth-order valence-electron chi connectivity index (χ4n) is 3.41. The molecule has 2 aromatic rings. The van der Waals surface area contributed by atoms with Gasteiger partial charge in [0.1, 0.15) is 6.61 Å². The number of carbonyl (C=O) groups is 1. The van der Waals surface area contributed by atoms with Crippen molar-refractivity contribution in [3.63, 3.8) is 0 Å². The van der Waals surface area contributed by atoms with Crippen LogP contribution in [0.25, 0.3) is 0 Å². The molecule has 0 unspecified atom stereocenters. The second-order valence-electron chi connectivity index (χ2n) is 8.36. The summed E-state index contributed by atoms with van der Waals surface area (Å²) >= 11 is 12.1. The fraction of sp³-hybridized carbons (Fsp3) is 0.333. The molecule has 0 aliphatic carbocycles. The molecule has 1 aliphatic heterocycles. The maximum atomic E-state index is 12.3. The number of nitrogens with zero attached hydrogens (tertiary/aromatic N) is 1. The summed E-state index contributed by atoms with van der Waals surface area (Å²) in [6.07, 6.45) is 0. The van der Waals surface area contributed by atoms with Gasteiger partial charge in [-0.2, -0.15) is 5.26 Å². The van der Waals surface area contributed by atoms with E-state index in [4.69, 9.17) is 32.7 Å². The minimum atomic E-state index is -0.591. The Kier molecular flexibility index (Phi) is 7.22. The van der Waals surface area contributed by atoms with Crippen molar-refractivity contribution in [2.75, 3.05) is 6.61 Å². The van der Waals surface area contributed by atoms with Crippen LogP contribution in [0, 0.1) is 16.7 Å². The smallest absolute Gasteiger partial charge is 0.319 e. The third-order valence-corrected chi connectivity index (χ3v) is 5.66. The van der Waals surface area contributed by atoms with Crippen molar-refractivity contribution in [1.82, 2.24) is 10.6 Å². The third kappa shape index (κ3) is 5.29. The fourth-order valence-corrected chi connectivity index (χ4v) is 3.73. The average Bonchev–Trinajstić information content (AvgIpc) is 2.74. The van der Waals surface area contributed by atoms with Crippen LogP contribution in [0.5, 0.6) is 11.5 Å². The van der Waals surface area contributed by atoms with Crippen molar-refractivity contribution in [2.24, 2.45) is 5.41 Å². The molecule has 1 heterocycles. The highest BCUT2D eigenvalue weighted by atomic mass is 35.5. The van der Waals surface area contributed by atoms with E-state index in [-0.39, 0.29) is 12.6 Å². The Morgan fingerprint density at radius 2 is 1.81 bits per heavy atom. The van der Waals surface area contributed by atoms with Crippen LogP contribution < -0.4 is 20.1 Å². The van der Waals surface area contributed by atoms with Crippen LogP contribution in [-0.4, -0.2) is 12.6 Å². The Hall–Kier alpha value is -2.88. The van der Waals surface area contributed by atoms with Gasteiger partial charge in [0.15, 0.2) is 11.5 Å². The minimum Gasteiger partial charge on any atom is -0.490 e. The molecular formula is C24H25Cl2N3O3. The highest BCUT2D eigenvalue weighted by Crippen LogP contribution is 2.38. The van der Waals surface area contributed by atoms with Crippen LogP contribution in [0.3, 0.4) is 0 Å². The lowest BCUT2D eigenvalue weighted by Gasteiger charge is -2.33. The number of ether oxygens (including phenoxy) is 2. The molecule has 0 aromatic heterocycles. The van der Waals surface area contributed by atoms with Gasteiger partial charge in [0.25, 0.3) is 0 Å². The summed E-state index contributed by atoms with van der Waals surface area (Å²) in [6.45, 7) is 8.44. The van der Waals surface area contributed by atoms with Gasteiger partial charge in [-0.15, -0.1) is 0 Å². The van der Waals surface area contributed by atoms with Crippen molar-refractivity contribution < 1.29 is 14.3 Å². The zero-order chi connectivity index (χ0) is 23.5. The summed E-state index contributed by atoms with van der Waals surface area (Å²) in [5.41, 5.74) is 2.26. The van der Waals surface area contributed by atoms with Gasteiger partial charge in [-0.05, 0) is 42.3 Å². The molecule has 0 saturated carbocycles. The highest BCUT2D eigenvalue weighted by molar-refractivity contribution is 6.42. The molecule has 0 fully saturated rings. The quantitative estimate of drug-likeness (QED) is 0.526. The number of urea groups is 1. The number of benzene rings is 2. The largest absolute Gasteiger partial charge is 0.490 e. The SMILES string of the molecule is CCOc1cc([C@@H]2NC(=O)NC(C(C)(C)C)=C2C#N)ccc1OCc1ccc(Cl)c(Cl)c1. The van der Waals surface area contributed by atoms with Crippen molar-refractivity contribution in [3.05, 3.63) is 68.8 Å². The van der Waals surface area contributed by atoms with Crippen molar-refractivity contribution >= 4 is 29.2 Å². The Labute approximate surface area is 198 Å². The Balaban J connectivity index is 1.93. The first-order chi connectivity index (χ1) is 15.1. The molecule has 2 amide bonds. The minimum absolute atomic E-state index is 0.276. The first-order valence-corrected chi connectivity index (χ1v) is 10.9. The summed E-state index contributed by atoms with van der Waals surface area (Å²) < 4.78 is 11.7. The van der Waals surface area contributed by atoms with Crippen LogP contribution in [-0.2, 0) is 6.61 Å². The number of amides is 2. The van der Waals surface area contributed by atoms with Gasteiger partial charge in [0.2, 0.25) is 0 Å². The molecule has 32 heavy (non-hydrogen) atoms. The van der Waals surface area contributed by atoms with Gasteiger partial charge in [0, 0.05) is 11.1 Å². The molecule has 1 aliphatic rings. The maximum absolute atomic E-state index is 12.3. The lowest BCUT2D eigenvalue weighted by Crippen LogP contribution is -2.46. The lowest BCUT2D eigenvalue weighted by molar-refractivity contribution is 0.235. The average molecular weight is 474 g/mol. The summed E-state index contributed by atoms with van der Waals surface area (Å²) in [6, 6.07) is 12.0. The number of rotatable bonds is 6. The summed E-state index contributed by atoms with van der Waals surface area (Å²) in [5, 5.41) is 16.4. The van der Waals surface area contributed by atoms with E-state index in [0.29, 0.717) is 39.4 Å². The Bertz CT molecular complexity index is 1100.